The van der Waals surface area contributed by atoms with Crippen molar-refractivity contribution in [1.82, 2.24) is 9.55 Å². The second-order valence-electron chi connectivity index (χ2n) is 3.79. The van der Waals surface area contributed by atoms with Crippen molar-refractivity contribution in [2.75, 3.05) is 0 Å². The van der Waals surface area contributed by atoms with Gasteiger partial charge in [-0.25, -0.2) is 4.98 Å². The summed E-state index contributed by atoms with van der Waals surface area (Å²) in [4.78, 5) is 4.38. The molecular formula is C12H14BrN3. The van der Waals surface area contributed by atoms with E-state index in [0.717, 1.165) is 21.7 Å². The van der Waals surface area contributed by atoms with E-state index in [2.05, 4.69) is 46.0 Å². The van der Waals surface area contributed by atoms with Crippen LogP contribution in [0.3, 0.4) is 0 Å². The van der Waals surface area contributed by atoms with Gasteiger partial charge >= 0.3 is 0 Å². The first-order valence-corrected chi connectivity index (χ1v) is 5.92. The van der Waals surface area contributed by atoms with Crippen molar-refractivity contribution in [2.45, 2.75) is 20.4 Å². The number of aromatic nitrogens is 2. The van der Waals surface area contributed by atoms with E-state index < -0.39 is 0 Å². The molecule has 2 aromatic rings. The summed E-state index contributed by atoms with van der Waals surface area (Å²) in [6.45, 7) is 4.52. The highest BCUT2D eigenvalue weighted by molar-refractivity contribution is 9.10. The first kappa shape index (κ1) is 11.4. The lowest BCUT2D eigenvalue weighted by Gasteiger charge is -2.06. The van der Waals surface area contributed by atoms with Crippen molar-refractivity contribution in [1.29, 1.82) is 0 Å². The van der Waals surface area contributed by atoms with Crippen molar-refractivity contribution in [3.8, 4) is 5.69 Å². The van der Waals surface area contributed by atoms with Crippen LogP contribution in [0.15, 0.2) is 28.9 Å². The van der Waals surface area contributed by atoms with Crippen molar-refractivity contribution in [3.63, 3.8) is 0 Å². The van der Waals surface area contributed by atoms with Gasteiger partial charge in [-0.15, -0.1) is 0 Å². The number of halogens is 1. The third kappa shape index (κ3) is 2.03. The Kier molecular flexibility index (Phi) is 3.12. The molecule has 0 aliphatic heterocycles. The minimum absolute atomic E-state index is 0.473. The Morgan fingerprint density at radius 1 is 1.38 bits per heavy atom. The van der Waals surface area contributed by atoms with E-state index >= 15 is 0 Å². The van der Waals surface area contributed by atoms with Crippen LogP contribution in [0.2, 0.25) is 0 Å². The number of hydrogen-bond donors (Lipinski definition) is 1. The molecule has 0 atom stereocenters. The molecule has 84 valence electrons. The minimum Gasteiger partial charge on any atom is -0.325 e. The van der Waals surface area contributed by atoms with Gasteiger partial charge in [0.25, 0.3) is 0 Å². The van der Waals surface area contributed by atoms with E-state index in [9.17, 15) is 0 Å². The molecule has 2 rings (SSSR count). The Morgan fingerprint density at radius 3 is 2.69 bits per heavy atom. The van der Waals surface area contributed by atoms with Crippen LogP contribution in [0.5, 0.6) is 0 Å². The summed E-state index contributed by atoms with van der Waals surface area (Å²) in [6, 6.07) is 6.25. The molecule has 16 heavy (non-hydrogen) atoms. The Morgan fingerprint density at radius 2 is 2.12 bits per heavy atom. The van der Waals surface area contributed by atoms with Gasteiger partial charge in [0.1, 0.15) is 5.82 Å². The lowest BCUT2D eigenvalue weighted by molar-refractivity contribution is 0.967. The predicted octanol–water partition coefficient (Wildman–Crippen LogP) is 2.71. The molecule has 0 aliphatic carbocycles. The Labute approximate surface area is 103 Å². The summed E-state index contributed by atoms with van der Waals surface area (Å²) in [5.74, 6) is 0.955. The minimum atomic E-state index is 0.473. The zero-order valence-electron chi connectivity index (χ0n) is 9.37. The van der Waals surface area contributed by atoms with Gasteiger partial charge in [-0.05, 0) is 31.5 Å². The lowest BCUT2D eigenvalue weighted by atomic mass is 10.2. The molecule has 0 aliphatic rings. The van der Waals surface area contributed by atoms with Gasteiger partial charge in [0.2, 0.25) is 0 Å². The van der Waals surface area contributed by atoms with Gasteiger partial charge < -0.3 is 10.3 Å². The molecular weight excluding hydrogens is 266 g/mol. The maximum absolute atomic E-state index is 5.58. The van der Waals surface area contributed by atoms with E-state index in [1.165, 1.54) is 5.56 Å². The van der Waals surface area contributed by atoms with Gasteiger partial charge in [0, 0.05) is 22.9 Å². The van der Waals surface area contributed by atoms with E-state index in [4.69, 9.17) is 5.73 Å². The number of imidazole rings is 1. The van der Waals surface area contributed by atoms with Crippen LogP contribution in [0.1, 0.15) is 17.1 Å². The van der Waals surface area contributed by atoms with Gasteiger partial charge in [-0.1, -0.05) is 22.0 Å². The standard InChI is InChI=1S/C12H14BrN3/c1-8-3-4-11(5-12(8)13)16-7-10(6-14)15-9(16)2/h3-5,7H,6,14H2,1-2H3. The van der Waals surface area contributed by atoms with E-state index in [0.29, 0.717) is 6.54 Å². The molecule has 0 radical (unpaired) electrons. The molecule has 0 saturated heterocycles. The molecule has 4 heteroatoms. The summed E-state index contributed by atoms with van der Waals surface area (Å²) in [5.41, 5.74) is 8.81. The highest BCUT2D eigenvalue weighted by atomic mass is 79.9. The third-order valence-electron chi connectivity index (χ3n) is 2.57. The Balaban J connectivity index is 2.49. The molecule has 1 heterocycles. The zero-order chi connectivity index (χ0) is 11.7. The summed E-state index contributed by atoms with van der Waals surface area (Å²) < 4.78 is 3.15. The van der Waals surface area contributed by atoms with Gasteiger partial charge in [-0.3, -0.25) is 0 Å². The van der Waals surface area contributed by atoms with Gasteiger partial charge in [0.15, 0.2) is 0 Å². The number of benzene rings is 1. The summed E-state index contributed by atoms with van der Waals surface area (Å²) in [7, 11) is 0. The smallest absolute Gasteiger partial charge is 0.110 e. The maximum atomic E-state index is 5.58. The monoisotopic (exact) mass is 279 g/mol. The first-order valence-electron chi connectivity index (χ1n) is 5.13. The van der Waals surface area contributed by atoms with Gasteiger partial charge in [-0.2, -0.15) is 0 Å². The Hall–Kier alpha value is -1.13. The molecule has 1 aromatic carbocycles. The van der Waals surface area contributed by atoms with Crippen molar-refractivity contribution >= 4 is 15.9 Å². The summed E-state index contributed by atoms with van der Waals surface area (Å²) in [6.07, 6.45) is 1.98. The predicted molar refractivity (Wildman–Crippen MR) is 68.6 cm³/mol. The maximum Gasteiger partial charge on any atom is 0.110 e. The first-order chi connectivity index (χ1) is 7.61. The van der Waals surface area contributed by atoms with E-state index in [1.807, 2.05) is 17.7 Å². The quantitative estimate of drug-likeness (QED) is 0.919. The summed E-state index contributed by atoms with van der Waals surface area (Å²) >= 11 is 3.53. The number of rotatable bonds is 2. The average molecular weight is 280 g/mol. The van der Waals surface area contributed by atoms with Crippen LogP contribution < -0.4 is 5.73 Å². The van der Waals surface area contributed by atoms with Crippen LogP contribution in [0.4, 0.5) is 0 Å². The number of nitrogens with two attached hydrogens (primary N) is 1. The second-order valence-corrected chi connectivity index (χ2v) is 4.64. The highest BCUT2D eigenvalue weighted by Gasteiger charge is 2.05. The average Bonchev–Trinajstić information content (AvgIpc) is 2.64. The molecule has 0 saturated carbocycles. The number of aryl methyl sites for hydroxylation is 2. The molecule has 3 nitrogen and oxygen atoms in total. The van der Waals surface area contributed by atoms with Crippen LogP contribution in [0.25, 0.3) is 5.69 Å². The molecule has 1 aromatic heterocycles. The second kappa shape index (κ2) is 4.39. The largest absolute Gasteiger partial charge is 0.325 e. The van der Waals surface area contributed by atoms with Crippen LogP contribution in [0, 0.1) is 13.8 Å². The topological polar surface area (TPSA) is 43.8 Å². The van der Waals surface area contributed by atoms with Crippen molar-refractivity contribution in [2.24, 2.45) is 5.73 Å². The number of hydrogen-bond acceptors (Lipinski definition) is 2. The SMILES string of the molecule is Cc1ccc(-n2cc(CN)nc2C)cc1Br. The van der Waals surface area contributed by atoms with Crippen molar-refractivity contribution < 1.29 is 0 Å². The third-order valence-corrected chi connectivity index (χ3v) is 3.43. The van der Waals surface area contributed by atoms with Crippen LogP contribution in [-0.4, -0.2) is 9.55 Å². The fourth-order valence-electron chi connectivity index (χ4n) is 1.62. The summed E-state index contributed by atoms with van der Waals surface area (Å²) in [5, 5.41) is 0. The van der Waals surface area contributed by atoms with E-state index in [1.54, 1.807) is 0 Å². The highest BCUT2D eigenvalue weighted by Crippen LogP contribution is 2.21. The molecule has 0 spiro atoms. The Bertz CT molecular complexity index is 517. The normalized spacial score (nSPS) is 10.8. The molecule has 0 unspecified atom stereocenters. The molecule has 0 fully saturated rings. The number of nitrogens with zero attached hydrogens (tertiary/aromatic N) is 2. The zero-order valence-corrected chi connectivity index (χ0v) is 11.0. The van der Waals surface area contributed by atoms with Crippen LogP contribution >= 0.6 is 15.9 Å². The molecule has 0 amide bonds. The fraction of sp³-hybridized carbons (Fsp3) is 0.250. The lowest BCUT2D eigenvalue weighted by Crippen LogP contribution is -1.96. The van der Waals surface area contributed by atoms with Crippen LogP contribution in [-0.2, 0) is 6.54 Å². The van der Waals surface area contributed by atoms with Gasteiger partial charge in [0.05, 0.1) is 5.69 Å². The van der Waals surface area contributed by atoms with E-state index in [-0.39, 0.29) is 0 Å². The molecule has 0 bridgehead atoms. The van der Waals surface area contributed by atoms with Crippen molar-refractivity contribution in [3.05, 3.63) is 46.0 Å². The molecule has 2 N–H and O–H groups in total. The fourth-order valence-corrected chi connectivity index (χ4v) is 1.99.